The molecule has 1 N–H and O–H groups in total. The van der Waals surface area contributed by atoms with E-state index in [1.165, 1.54) is 31.2 Å². The Bertz CT molecular complexity index is 374. The van der Waals surface area contributed by atoms with E-state index in [2.05, 4.69) is 4.74 Å². The molecule has 0 saturated heterocycles. The summed E-state index contributed by atoms with van der Waals surface area (Å²) in [6, 6.07) is 5.25. The van der Waals surface area contributed by atoms with E-state index in [0.29, 0.717) is 6.42 Å². The molecule has 5 heteroatoms. The molecule has 0 spiro atoms. The molecule has 3 nitrogen and oxygen atoms in total. The van der Waals surface area contributed by atoms with Crippen LogP contribution in [0, 0.1) is 0 Å². The van der Waals surface area contributed by atoms with E-state index in [0.717, 1.165) is 5.56 Å². The molecule has 1 rings (SSSR count). The number of esters is 1. The zero-order valence-corrected chi connectivity index (χ0v) is 9.45. The van der Waals surface area contributed by atoms with Gasteiger partial charge >= 0.3 is 11.9 Å². The summed E-state index contributed by atoms with van der Waals surface area (Å²) in [7, 11) is 0. The number of aliphatic hydroxyl groups excluding tert-OH is 1. The second kappa shape index (κ2) is 5.72. The molecular weight excluding hydrogens is 230 g/mol. The molecule has 1 aromatic rings. The molecule has 0 radical (unpaired) electrons. The largest absolute Gasteiger partial charge is 0.461 e. The summed E-state index contributed by atoms with van der Waals surface area (Å²) in [5.41, 5.74) is 0.327. The maximum absolute atomic E-state index is 13.5. The van der Waals surface area contributed by atoms with Crippen LogP contribution in [0.15, 0.2) is 24.3 Å². The number of benzene rings is 1. The zero-order chi connectivity index (χ0) is 12.9. The van der Waals surface area contributed by atoms with E-state index in [1.54, 1.807) is 0 Å². The number of halogens is 2. The first-order valence-electron chi connectivity index (χ1n) is 5.27. The summed E-state index contributed by atoms with van der Waals surface area (Å²) < 4.78 is 31.4. The van der Waals surface area contributed by atoms with Gasteiger partial charge in [0.1, 0.15) is 0 Å². The summed E-state index contributed by atoms with van der Waals surface area (Å²) in [5.74, 6) is -5.18. The smallest absolute Gasteiger partial charge is 0.381 e. The summed E-state index contributed by atoms with van der Waals surface area (Å²) in [6.07, 6.45) is 0.394. The molecule has 0 heterocycles. The maximum Gasteiger partial charge on any atom is 0.381 e. The van der Waals surface area contributed by atoms with Gasteiger partial charge < -0.3 is 9.84 Å². The maximum atomic E-state index is 13.5. The minimum Gasteiger partial charge on any atom is -0.461 e. The highest BCUT2D eigenvalue weighted by molar-refractivity contribution is 5.79. The third kappa shape index (κ3) is 3.23. The Hall–Kier alpha value is -1.49. The van der Waals surface area contributed by atoms with Crippen LogP contribution in [0.2, 0.25) is 0 Å². The molecule has 0 atom stereocenters. The van der Waals surface area contributed by atoms with Crippen molar-refractivity contribution >= 4 is 5.97 Å². The van der Waals surface area contributed by atoms with Crippen molar-refractivity contribution < 1.29 is 23.4 Å². The third-order valence-corrected chi connectivity index (χ3v) is 2.25. The zero-order valence-electron chi connectivity index (χ0n) is 9.45. The van der Waals surface area contributed by atoms with E-state index in [4.69, 9.17) is 5.11 Å². The van der Waals surface area contributed by atoms with Crippen LogP contribution in [0.4, 0.5) is 8.78 Å². The lowest BCUT2D eigenvalue weighted by Gasteiger charge is -2.15. The normalized spacial score (nSPS) is 11.3. The molecule has 0 bridgehead atoms. The van der Waals surface area contributed by atoms with Crippen molar-refractivity contribution in [2.24, 2.45) is 0 Å². The third-order valence-electron chi connectivity index (χ3n) is 2.25. The van der Waals surface area contributed by atoms with E-state index >= 15 is 0 Å². The highest BCUT2D eigenvalue weighted by Crippen LogP contribution is 2.29. The predicted molar refractivity (Wildman–Crippen MR) is 57.8 cm³/mol. The Morgan fingerprint density at radius 2 is 1.94 bits per heavy atom. The number of rotatable bonds is 5. The minimum atomic E-state index is -3.63. The van der Waals surface area contributed by atoms with Crippen molar-refractivity contribution in [3.63, 3.8) is 0 Å². The molecule has 0 saturated carbocycles. The Morgan fingerprint density at radius 3 is 2.41 bits per heavy atom. The molecule has 94 valence electrons. The molecule has 1 aromatic carbocycles. The van der Waals surface area contributed by atoms with Crippen LogP contribution in [0.1, 0.15) is 18.1 Å². The number of carbonyl (C=O) groups is 1. The van der Waals surface area contributed by atoms with Gasteiger partial charge in [-0.2, -0.15) is 8.78 Å². The fraction of sp³-hybridized carbons (Fsp3) is 0.417. The van der Waals surface area contributed by atoms with Gasteiger partial charge in [-0.1, -0.05) is 24.3 Å². The topological polar surface area (TPSA) is 46.5 Å². The summed E-state index contributed by atoms with van der Waals surface area (Å²) >= 11 is 0. The highest BCUT2D eigenvalue weighted by atomic mass is 19.3. The van der Waals surface area contributed by atoms with Gasteiger partial charge in [-0.05, 0) is 18.9 Å². The van der Waals surface area contributed by atoms with Gasteiger partial charge in [0.05, 0.1) is 6.61 Å². The number of aliphatic hydroxyl groups is 1. The van der Waals surface area contributed by atoms with Crippen molar-refractivity contribution in [2.75, 3.05) is 13.2 Å². The van der Waals surface area contributed by atoms with Gasteiger partial charge in [0.15, 0.2) is 0 Å². The molecule has 0 aromatic heterocycles. The van der Waals surface area contributed by atoms with Crippen molar-refractivity contribution in [1.82, 2.24) is 0 Å². The average molecular weight is 244 g/mol. The molecule has 0 amide bonds. The van der Waals surface area contributed by atoms with E-state index in [1.807, 2.05) is 0 Å². The van der Waals surface area contributed by atoms with Crippen LogP contribution < -0.4 is 0 Å². The first kappa shape index (κ1) is 13.6. The molecule has 17 heavy (non-hydrogen) atoms. The summed E-state index contributed by atoms with van der Waals surface area (Å²) in [4.78, 5) is 11.1. The fourth-order valence-electron chi connectivity index (χ4n) is 1.35. The van der Waals surface area contributed by atoms with Gasteiger partial charge in [-0.25, -0.2) is 4.79 Å². The average Bonchev–Trinajstić information content (AvgIpc) is 2.30. The molecule has 0 unspecified atom stereocenters. The standard InChI is InChI=1S/C12H14F2O3/c1-2-17-11(16)12(13,14)10-5-3-9(4-6-10)7-8-15/h3-6,15H,2,7-8H2,1H3. The molecule has 0 fully saturated rings. The van der Waals surface area contributed by atoms with Gasteiger partial charge in [0.25, 0.3) is 0 Å². The first-order valence-corrected chi connectivity index (χ1v) is 5.27. The predicted octanol–water partition coefficient (Wildman–Crippen LogP) is 1.88. The summed E-state index contributed by atoms with van der Waals surface area (Å²) in [6.45, 7) is 1.34. The van der Waals surface area contributed by atoms with Crippen LogP contribution in [-0.4, -0.2) is 24.3 Å². The monoisotopic (exact) mass is 244 g/mol. The Labute approximate surface area is 98.0 Å². The fourth-order valence-corrected chi connectivity index (χ4v) is 1.35. The number of ether oxygens (including phenoxy) is 1. The van der Waals surface area contributed by atoms with Crippen LogP contribution in [0.3, 0.4) is 0 Å². The Kier molecular flexibility index (Phi) is 4.57. The van der Waals surface area contributed by atoms with Gasteiger partial charge in [-0.3, -0.25) is 0 Å². The first-order chi connectivity index (χ1) is 8.02. The van der Waals surface area contributed by atoms with Crippen LogP contribution in [0.5, 0.6) is 0 Å². The Morgan fingerprint density at radius 1 is 1.35 bits per heavy atom. The summed E-state index contributed by atoms with van der Waals surface area (Å²) in [5, 5.41) is 8.68. The van der Waals surface area contributed by atoms with E-state index in [-0.39, 0.29) is 13.2 Å². The minimum absolute atomic E-state index is 0.0480. The second-order valence-electron chi connectivity index (χ2n) is 3.47. The van der Waals surface area contributed by atoms with E-state index in [9.17, 15) is 13.6 Å². The lowest BCUT2D eigenvalue weighted by molar-refractivity contribution is -0.173. The SMILES string of the molecule is CCOC(=O)C(F)(F)c1ccc(CCO)cc1. The number of hydrogen-bond donors (Lipinski definition) is 1. The van der Waals surface area contributed by atoms with E-state index < -0.39 is 17.5 Å². The van der Waals surface area contributed by atoms with Crippen molar-refractivity contribution in [3.05, 3.63) is 35.4 Å². The lowest BCUT2D eigenvalue weighted by Crippen LogP contribution is -2.28. The lowest BCUT2D eigenvalue weighted by atomic mass is 10.0. The highest BCUT2D eigenvalue weighted by Gasteiger charge is 2.42. The number of carbonyl (C=O) groups excluding carboxylic acids is 1. The molecule has 0 aliphatic carbocycles. The van der Waals surface area contributed by atoms with Gasteiger partial charge in [-0.15, -0.1) is 0 Å². The molecule has 0 aliphatic heterocycles. The van der Waals surface area contributed by atoms with Crippen LogP contribution in [-0.2, 0) is 21.9 Å². The van der Waals surface area contributed by atoms with Crippen LogP contribution >= 0.6 is 0 Å². The Balaban J connectivity index is 2.87. The molecule has 0 aliphatic rings. The van der Waals surface area contributed by atoms with Crippen molar-refractivity contribution in [2.45, 2.75) is 19.3 Å². The quantitative estimate of drug-likeness (QED) is 0.804. The molecular formula is C12H14F2O3. The van der Waals surface area contributed by atoms with Gasteiger partial charge in [0, 0.05) is 12.2 Å². The van der Waals surface area contributed by atoms with Crippen molar-refractivity contribution in [1.29, 1.82) is 0 Å². The number of alkyl halides is 2. The van der Waals surface area contributed by atoms with Gasteiger partial charge in [0.2, 0.25) is 0 Å². The number of hydrogen-bond acceptors (Lipinski definition) is 3. The van der Waals surface area contributed by atoms with Crippen LogP contribution in [0.25, 0.3) is 0 Å². The van der Waals surface area contributed by atoms with Crippen molar-refractivity contribution in [3.8, 4) is 0 Å². The second-order valence-corrected chi connectivity index (χ2v) is 3.47.